The van der Waals surface area contributed by atoms with Crippen LogP contribution in [0, 0.1) is 27.7 Å². The normalized spacial score (nSPS) is 10.8. The lowest BCUT2D eigenvalue weighted by atomic mass is 10.1. The Hall–Kier alpha value is -1.74. The minimum absolute atomic E-state index is 0.00931. The summed E-state index contributed by atoms with van der Waals surface area (Å²) in [6, 6.07) is 5.58. The number of halogens is 1. The van der Waals surface area contributed by atoms with E-state index in [2.05, 4.69) is 0 Å². The van der Waals surface area contributed by atoms with E-state index in [1.807, 2.05) is 57.5 Å². The van der Waals surface area contributed by atoms with Crippen LogP contribution in [0.1, 0.15) is 32.9 Å². The quantitative estimate of drug-likeness (QED) is 0.794. The molecule has 0 unspecified atom stereocenters. The van der Waals surface area contributed by atoms with Crippen LogP contribution in [0.15, 0.2) is 18.2 Å². The number of carbonyl (C=O) groups excluding carboxylic acids is 1. The molecule has 0 saturated heterocycles. The molecular weight excluding hydrogens is 286 g/mol. The molecule has 0 fully saturated rings. The molecule has 112 valence electrons. The first-order valence-electron chi connectivity index (χ1n) is 6.87. The van der Waals surface area contributed by atoms with Crippen LogP contribution in [0.2, 0.25) is 5.02 Å². The first kappa shape index (κ1) is 15.6. The molecule has 0 spiro atoms. The van der Waals surface area contributed by atoms with E-state index in [0.29, 0.717) is 5.02 Å². The molecule has 2 rings (SSSR count). The summed E-state index contributed by atoms with van der Waals surface area (Å²) in [6.45, 7) is 7.82. The maximum Gasteiger partial charge on any atom is 0.202 e. The largest absolute Gasteiger partial charge is 0.485 e. The van der Waals surface area contributed by atoms with Crippen molar-refractivity contribution in [3.63, 3.8) is 0 Å². The van der Waals surface area contributed by atoms with Crippen molar-refractivity contribution in [1.82, 2.24) is 4.57 Å². The second-order valence-corrected chi connectivity index (χ2v) is 5.86. The van der Waals surface area contributed by atoms with E-state index in [1.54, 1.807) is 0 Å². The molecule has 0 atom stereocenters. The molecular formula is C17H20ClNO2. The third kappa shape index (κ3) is 3.13. The summed E-state index contributed by atoms with van der Waals surface area (Å²) in [5.41, 5.74) is 4.63. The van der Waals surface area contributed by atoms with Gasteiger partial charge in [0.25, 0.3) is 0 Å². The number of carbonyl (C=O) groups is 1. The Morgan fingerprint density at radius 2 is 1.71 bits per heavy atom. The number of aromatic nitrogens is 1. The van der Waals surface area contributed by atoms with Crippen LogP contribution >= 0.6 is 11.6 Å². The highest BCUT2D eigenvalue weighted by molar-refractivity contribution is 6.30. The van der Waals surface area contributed by atoms with Crippen molar-refractivity contribution < 1.29 is 9.53 Å². The van der Waals surface area contributed by atoms with Crippen LogP contribution in [0.4, 0.5) is 0 Å². The smallest absolute Gasteiger partial charge is 0.202 e. The minimum atomic E-state index is -0.00931. The number of hydrogen-bond donors (Lipinski definition) is 0. The molecule has 0 aliphatic carbocycles. The summed E-state index contributed by atoms with van der Waals surface area (Å²) in [4.78, 5) is 12.3. The number of ether oxygens (including phenoxy) is 1. The molecule has 0 bridgehead atoms. The van der Waals surface area contributed by atoms with Gasteiger partial charge in [-0.25, -0.2) is 0 Å². The second kappa shape index (κ2) is 5.94. The molecule has 4 heteroatoms. The zero-order chi connectivity index (χ0) is 15.7. The van der Waals surface area contributed by atoms with Gasteiger partial charge in [-0.1, -0.05) is 11.6 Å². The Labute approximate surface area is 130 Å². The fraction of sp³-hybridized carbons (Fsp3) is 0.353. The van der Waals surface area contributed by atoms with Gasteiger partial charge in [-0.05, 0) is 57.0 Å². The van der Waals surface area contributed by atoms with Crippen molar-refractivity contribution >= 4 is 17.4 Å². The third-order valence-electron chi connectivity index (χ3n) is 3.85. The van der Waals surface area contributed by atoms with Crippen LogP contribution in [0.25, 0.3) is 0 Å². The molecule has 1 heterocycles. The molecule has 0 saturated carbocycles. The highest BCUT2D eigenvalue weighted by atomic mass is 35.5. The van der Waals surface area contributed by atoms with Gasteiger partial charge in [-0.15, -0.1) is 0 Å². The van der Waals surface area contributed by atoms with Crippen molar-refractivity contribution in [2.24, 2.45) is 7.05 Å². The standard InChI is InChI=1S/C17H20ClNO2/c1-10-6-14(18)7-11(2)17(10)21-9-16(20)15-8-12(3)19(5)13(15)4/h6-8H,9H2,1-5H3. The number of aryl methyl sites for hydroxylation is 3. The van der Waals surface area contributed by atoms with Crippen molar-refractivity contribution in [1.29, 1.82) is 0 Å². The molecule has 0 aliphatic rings. The Bertz CT molecular complexity index is 678. The molecule has 21 heavy (non-hydrogen) atoms. The molecule has 1 aromatic heterocycles. The van der Waals surface area contributed by atoms with Gasteiger partial charge in [-0.2, -0.15) is 0 Å². The van der Waals surface area contributed by atoms with Gasteiger partial charge in [0.1, 0.15) is 5.75 Å². The fourth-order valence-corrected chi connectivity index (χ4v) is 2.81. The number of rotatable bonds is 4. The molecule has 2 aromatic rings. The van der Waals surface area contributed by atoms with Gasteiger partial charge < -0.3 is 9.30 Å². The van der Waals surface area contributed by atoms with E-state index >= 15 is 0 Å². The lowest BCUT2D eigenvalue weighted by Crippen LogP contribution is -2.13. The summed E-state index contributed by atoms with van der Waals surface area (Å²) >= 11 is 6.00. The molecule has 0 aliphatic heterocycles. The second-order valence-electron chi connectivity index (χ2n) is 5.42. The van der Waals surface area contributed by atoms with Crippen molar-refractivity contribution in [2.45, 2.75) is 27.7 Å². The SMILES string of the molecule is Cc1cc(Cl)cc(C)c1OCC(=O)c1cc(C)n(C)c1C. The van der Waals surface area contributed by atoms with E-state index in [-0.39, 0.29) is 12.4 Å². The Balaban J connectivity index is 2.17. The van der Waals surface area contributed by atoms with Crippen molar-refractivity contribution in [2.75, 3.05) is 6.61 Å². The van der Waals surface area contributed by atoms with Gasteiger partial charge in [-0.3, -0.25) is 4.79 Å². The highest BCUT2D eigenvalue weighted by Gasteiger charge is 2.15. The predicted molar refractivity (Wildman–Crippen MR) is 85.6 cm³/mol. The average Bonchev–Trinajstić information content (AvgIpc) is 2.65. The van der Waals surface area contributed by atoms with Crippen LogP contribution < -0.4 is 4.74 Å². The zero-order valence-electron chi connectivity index (χ0n) is 13.1. The molecule has 3 nitrogen and oxygen atoms in total. The van der Waals surface area contributed by atoms with Crippen molar-refractivity contribution in [3.05, 3.63) is 51.3 Å². The maximum absolute atomic E-state index is 12.3. The van der Waals surface area contributed by atoms with E-state index in [0.717, 1.165) is 33.8 Å². The van der Waals surface area contributed by atoms with E-state index < -0.39 is 0 Å². The summed E-state index contributed by atoms with van der Waals surface area (Å²) in [5.74, 6) is 0.725. The molecule has 0 amide bonds. The maximum atomic E-state index is 12.3. The Morgan fingerprint density at radius 3 is 2.19 bits per heavy atom. The summed E-state index contributed by atoms with van der Waals surface area (Å²) in [7, 11) is 1.95. The van der Waals surface area contributed by atoms with E-state index in [9.17, 15) is 4.79 Å². The first-order chi connectivity index (χ1) is 9.81. The van der Waals surface area contributed by atoms with Gasteiger partial charge in [0.15, 0.2) is 6.61 Å². The molecule has 1 aromatic carbocycles. The summed E-state index contributed by atoms with van der Waals surface area (Å²) < 4.78 is 7.73. The average molecular weight is 306 g/mol. The van der Waals surface area contributed by atoms with Crippen molar-refractivity contribution in [3.8, 4) is 5.75 Å². The van der Waals surface area contributed by atoms with Crippen LogP contribution in [-0.4, -0.2) is 17.0 Å². The summed E-state index contributed by atoms with van der Waals surface area (Å²) in [5, 5.41) is 0.679. The number of nitrogens with zero attached hydrogens (tertiary/aromatic N) is 1. The van der Waals surface area contributed by atoms with Crippen LogP contribution in [0.3, 0.4) is 0 Å². The predicted octanol–water partition coefficient (Wildman–Crippen LogP) is 4.17. The van der Waals surface area contributed by atoms with Crippen LogP contribution in [-0.2, 0) is 7.05 Å². The van der Waals surface area contributed by atoms with Gasteiger partial charge in [0.2, 0.25) is 5.78 Å². The van der Waals surface area contributed by atoms with E-state index in [1.165, 1.54) is 0 Å². The highest BCUT2D eigenvalue weighted by Crippen LogP contribution is 2.27. The Morgan fingerprint density at radius 1 is 1.14 bits per heavy atom. The Kier molecular flexibility index (Phi) is 4.43. The molecule has 0 radical (unpaired) electrons. The lowest BCUT2D eigenvalue weighted by Gasteiger charge is -2.12. The first-order valence-corrected chi connectivity index (χ1v) is 7.24. The van der Waals surface area contributed by atoms with Gasteiger partial charge in [0, 0.05) is 29.0 Å². The third-order valence-corrected chi connectivity index (χ3v) is 4.07. The zero-order valence-corrected chi connectivity index (χ0v) is 13.8. The summed E-state index contributed by atoms with van der Waals surface area (Å²) in [6.07, 6.45) is 0. The van der Waals surface area contributed by atoms with Gasteiger partial charge in [0.05, 0.1) is 0 Å². The number of benzene rings is 1. The minimum Gasteiger partial charge on any atom is -0.485 e. The fourth-order valence-electron chi connectivity index (χ4n) is 2.48. The monoisotopic (exact) mass is 305 g/mol. The number of ketones is 1. The van der Waals surface area contributed by atoms with Crippen LogP contribution in [0.5, 0.6) is 5.75 Å². The molecule has 0 N–H and O–H groups in total. The lowest BCUT2D eigenvalue weighted by molar-refractivity contribution is 0.0920. The topological polar surface area (TPSA) is 31.2 Å². The van der Waals surface area contributed by atoms with Gasteiger partial charge >= 0.3 is 0 Å². The number of hydrogen-bond acceptors (Lipinski definition) is 2. The van der Waals surface area contributed by atoms with E-state index in [4.69, 9.17) is 16.3 Å². The number of Topliss-reactive ketones (excluding diaryl/α,β-unsaturated/α-hetero) is 1.